The first-order valence-corrected chi connectivity index (χ1v) is 10.8. The van der Waals surface area contributed by atoms with Crippen molar-refractivity contribution in [2.75, 3.05) is 24.3 Å². The summed E-state index contributed by atoms with van der Waals surface area (Å²) in [6, 6.07) is 13.3. The van der Waals surface area contributed by atoms with E-state index in [0.717, 1.165) is 48.0 Å². The third kappa shape index (κ3) is 4.82. The first-order chi connectivity index (χ1) is 14.5. The monoisotopic (exact) mass is 427 g/mol. The summed E-state index contributed by atoms with van der Waals surface area (Å²) in [5.41, 5.74) is 1.75. The van der Waals surface area contributed by atoms with Crippen LogP contribution in [0.4, 0.5) is 16.2 Å². The second-order valence-electron chi connectivity index (χ2n) is 8.09. The summed E-state index contributed by atoms with van der Waals surface area (Å²) in [6.45, 7) is 0.583. The van der Waals surface area contributed by atoms with Crippen molar-refractivity contribution in [3.05, 3.63) is 58.9 Å². The van der Waals surface area contributed by atoms with E-state index in [1.807, 2.05) is 37.2 Å². The van der Waals surface area contributed by atoms with E-state index < -0.39 is 0 Å². The molecule has 1 fully saturated rings. The van der Waals surface area contributed by atoms with Crippen LogP contribution < -0.4 is 15.5 Å². The molecule has 0 spiro atoms. The number of aromatic nitrogens is 2. The molecule has 1 aliphatic carbocycles. The maximum Gasteiger partial charge on any atom is 0.225 e. The van der Waals surface area contributed by atoms with E-state index in [4.69, 9.17) is 21.6 Å². The Labute approximate surface area is 181 Å². The summed E-state index contributed by atoms with van der Waals surface area (Å²) in [6.07, 6.45) is 4.14. The Hall–Kier alpha value is -2.44. The van der Waals surface area contributed by atoms with Gasteiger partial charge in [0.15, 0.2) is 0 Å². The van der Waals surface area contributed by atoms with Gasteiger partial charge < -0.3 is 15.5 Å². The molecule has 0 bridgehead atoms. The van der Waals surface area contributed by atoms with E-state index in [1.165, 1.54) is 12.1 Å². The first-order valence-electron chi connectivity index (χ1n) is 10.4. The van der Waals surface area contributed by atoms with Gasteiger partial charge in [0.2, 0.25) is 5.95 Å². The number of fused-ring (bicyclic) bond motifs is 1. The molecule has 0 saturated heterocycles. The Kier molecular flexibility index (Phi) is 6.35. The molecular weight excluding hydrogens is 401 g/mol. The van der Waals surface area contributed by atoms with E-state index in [2.05, 4.69) is 16.7 Å². The number of nitrogens with zero attached hydrogens (tertiary/aromatic N) is 3. The molecule has 0 radical (unpaired) electrons. The SMILES string of the molecule is CN(C)c1nc(NC2CCC(NCc3cc(F)ccc3Cl)CC2)nc2ccccc12. The first kappa shape index (κ1) is 20.8. The number of benzene rings is 2. The second-order valence-corrected chi connectivity index (χ2v) is 8.50. The third-order valence-corrected chi connectivity index (χ3v) is 6.02. The van der Waals surface area contributed by atoms with Crippen LogP contribution in [0.1, 0.15) is 31.2 Å². The maximum absolute atomic E-state index is 13.4. The van der Waals surface area contributed by atoms with Crippen molar-refractivity contribution in [3.8, 4) is 0 Å². The van der Waals surface area contributed by atoms with Gasteiger partial charge in [-0.2, -0.15) is 4.98 Å². The Bertz CT molecular complexity index is 1020. The number of halogens is 2. The van der Waals surface area contributed by atoms with Crippen LogP contribution in [0.2, 0.25) is 5.02 Å². The maximum atomic E-state index is 13.4. The molecule has 0 unspecified atom stereocenters. The quantitative estimate of drug-likeness (QED) is 0.579. The summed E-state index contributed by atoms with van der Waals surface area (Å²) in [7, 11) is 4.00. The fraction of sp³-hybridized carbons (Fsp3) is 0.391. The Morgan fingerprint density at radius 1 is 1.03 bits per heavy atom. The second kappa shape index (κ2) is 9.14. The van der Waals surface area contributed by atoms with Crippen LogP contribution in [0.25, 0.3) is 10.9 Å². The topological polar surface area (TPSA) is 53.1 Å². The summed E-state index contributed by atoms with van der Waals surface area (Å²) >= 11 is 6.17. The molecule has 0 aliphatic heterocycles. The predicted octanol–water partition coefficient (Wildman–Crippen LogP) is 5.00. The lowest BCUT2D eigenvalue weighted by atomic mass is 9.91. The highest BCUT2D eigenvalue weighted by Crippen LogP contribution is 2.26. The molecule has 1 saturated carbocycles. The average Bonchev–Trinajstić information content (AvgIpc) is 2.74. The summed E-state index contributed by atoms with van der Waals surface area (Å²) in [5, 5.41) is 8.71. The van der Waals surface area contributed by atoms with E-state index in [0.29, 0.717) is 29.6 Å². The molecule has 1 heterocycles. The largest absolute Gasteiger partial charge is 0.362 e. The summed E-state index contributed by atoms with van der Waals surface area (Å²) in [5.74, 6) is 1.35. The predicted molar refractivity (Wildman–Crippen MR) is 122 cm³/mol. The van der Waals surface area contributed by atoms with Crippen molar-refractivity contribution in [3.63, 3.8) is 0 Å². The van der Waals surface area contributed by atoms with E-state index in [1.54, 1.807) is 6.07 Å². The molecule has 3 aromatic rings. The lowest BCUT2D eigenvalue weighted by Crippen LogP contribution is -2.37. The van der Waals surface area contributed by atoms with Gasteiger partial charge in [0.25, 0.3) is 0 Å². The molecule has 1 aromatic heterocycles. The molecule has 30 heavy (non-hydrogen) atoms. The number of nitrogens with one attached hydrogen (secondary N) is 2. The van der Waals surface area contributed by atoms with E-state index in [9.17, 15) is 4.39 Å². The average molecular weight is 428 g/mol. The fourth-order valence-corrected chi connectivity index (χ4v) is 4.21. The third-order valence-electron chi connectivity index (χ3n) is 5.66. The molecule has 5 nitrogen and oxygen atoms in total. The van der Waals surface area contributed by atoms with Gasteiger partial charge in [0.05, 0.1) is 5.52 Å². The molecule has 158 valence electrons. The molecule has 2 aromatic carbocycles. The van der Waals surface area contributed by atoms with Crippen LogP contribution in [0.5, 0.6) is 0 Å². The van der Waals surface area contributed by atoms with Crippen LogP contribution in [-0.4, -0.2) is 36.1 Å². The summed E-state index contributed by atoms with van der Waals surface area (Å²) < 4.78 is 13.4. The van der Waals surface area contributed by atoms with Crippen molar-refractivity contribution in [1.29, 1.82) is 0 Å². The number of rotatable bonds is 6. The number of anilines is 2. The smallest absolute Gasteiger partial charge is 0.225 e. The van der Waals surface area contributed by atoms with E-state index >= 15 is 0 Å². The van der Waals surface area contributed by atoms with Gasteiger partial charge in [0.1, 0.15) is 11.6 Å². The Morgan fingerprint density at radius 2 is 1.77 bits per heavy atom. The number of hydrogen-bond acceptors (Lipinski definition) is 5. The standard InChI is InChI=1S/C23H27ClFN5/c1-30(2)22-19-5-3-4-6-21(19)28-23(29-22)27-18-10-8-17(9-11-18)26-14-15-13-16(25)7-12-20(15)24/h3-7,12-13,17-18,26H,8-11,14H2,1-2H3,(H,27,28,29). The van der Waals surface area contributed by atoms with Crippen molar-refractivity contribution in [2.45, 2.75) is 44.3 Å². The minimum Gasteiger partial charge on any atom is -0.362 e. The molecule has 0 amide bonds. The molecule has 2 N–H and O–H groups in total. The Morgan fingerprint density at radius 3 is 2.53 bits per heavy atom. The van der Waals surface area contributed by atoms with Crippen molar-refractivity contribution in [1.82, 2.24) is 15.3 Å². The minimum atomic E-state index is -0.253. The van der Waals surface area contributed by atoms with Gasteiger partial charge in [-0.15, -0.1) is 0 Å². The molecular formula is C23H27ClFN5. The van der Waals surface area contributed by atoms with Gasteiger partial charge in [-0.3, -0.25) is 0 Å². The van der Waals surface area contributed by atoms with Crippen LogP contribution >= 0.6 is 11.6 Å². The van der Waals surface area contributed by atoms with Crippen molar-refractivity contribution in [2.24, 2.45) is 0 Å². The normalized spacial score (nSPS) is 19.1. The Balaban J connectivity index is 1.35. The zero-order chi connectivity index (χ0) is 21.1. The highest BCUT2D eigenvalue weighted by atomic mass is 35.5. The number of hydrogen-bond donors (Lipinski definition) is 2. The zero-order valence-corrected chi connectivity index (χ0v) is 18.1. The molecule has 4 rings (SSSR count). The highest BCUT2D eigenvalue weighted by Gasteiger charge is 2.22. The molecule has 1 aliphatic rings. The van der Waals surface area contributed by atoms with Gasteiger partial charge in [-0.1, -0.05) is 23.7 Å². The van der Waals surface area contributed by atoms with Gasteiger partial charge in [-0.25, -0.2) is 9.37 Å². The minimum absolute atomic E-state index is 0.253. The highest BCUT2D eigenvalue weighted by molar-refractivity contribution is 6.31. The molecule has 0 atom stereocenters. The van der Waals surface area contributed by atoms with Crippen LogP contribution in [-0.2, 0) is 6.54 Å². The number of para-hydroxylation sites is 1. The van der Waals surface area contributed by atoms with E-state index in [-0.39, 0.29) is 5.82 Å². The lowest BCUT2D eigenvalue weighted by Gasteiger charge is -2.30. The van der Waals surface area contributed by atoms with Crippen LogP contribution in [0.15, 0.2) is 42.5 Å². The van der Waals surface area contributed by atoms with Crippen LogP contribution in [0, 0.1) is 5.82 Å². The zero-order valence-electron chi connectivity index (χ0n) is 17.3. The van der Waals surface area contributed by atoms with Crippen molar-refractivity contribution >= 4 is 34.3 Å². The van der Waals surface area contributed by atoms with Gasteiger partial charge in [-0.05, 0) is 61.6 Å². The molecule has 7 heteroatoms. The van der Waals surface area contributed by atoms with Gasteiger partial charge >= 0.3 is 0 Å². The van der Waals surface area contributed by atoms with Crippen molar-refractivity contribution < 1.29 is 4.39 Å². The van der Waals surface area contributed by atoms with Crippen LogP contribution in [0.3, 0.4) is 0 Å². The lowest BCUT2D eigenvalue weighted by molar-refractivity contribution is 0.352. The fourth-order valence-electron chi connectivity index (χ4n) is 4.02. The summed E-state index contributed by atoms with van der Waals surface area (Å²) in [4.78, 5) is 11.5. The van der Waals surface area contributed by atoms with Gasteiger partial charge in [0, 0.05) is 43.1 Å².